The van der Waals surface area contributed by atoms with Crippen molar-refractivity contribution in [2.45, 2.75) is 13.0 Å². The number of benzene rings is 2. The van der Waals surface area contributed by atoms with E-state index in [4.69, 9.17) is 42.1 Å². The van der Waals surface area contributed by atoms with Crippen molar-refractivity contribution in [3.8, 4) is 23.0 Å². The van der Waals surface area contributed by atoms with Crippen molar-refractivity contribution < 1.29 is 28.5 Å². The number of nitrogens with one attached hydrogen (secondary N) is 1. The molecule has 0 spiro atoms. The summed E-state index contributed by atoms with van der Waals surface area (Å²) in [5.41, 5.74) is 0.385. The maximum absolute atomic E-state index is 12.8. The Balaban J connectivity index is 2.40. The van der Waals surface area contributed by atoms with Crippen LogP contribution in [0.4, 0.5) is 11.4 Å². The van der Waals surface area contributed by atoms with Gasteiger partial charge in [-0.2, -0.15) is 5.11 Å². The summed E-state index contributed by atoms with van der Waals surface area (Å²) >= 11 is 12.2. The average Bonchev–Trinajstić information content (AvgIpc) is 2.74. The molecule has 0 bridgehead atoms. The Morgan fingerprint density at radius 2 is 1.45 bits per heavy atom. The van der Waals surface area contributed by atoms with E-state index in [1.807, 2.05) is 0 Å². The van der Waals surface area contributed by atoms with Crippen LogP contribution in [-0.2, 0) is 9.59 Å². The Morgan fingerprint density at radius 3 is 2.00 bits per heavy atom. The molecule has 0 radical (unpaired) electrons. The van der Waals surface area contributed by atoms with Gasteiger partial charge < -0.3 is 24.3 Å². The van der Waals surface area contributed by atoms with Gasteiger partial charge in [0.05, 0.1) is 44.2 Å². The van der Waals surface area contributed by atoms with Crippen LogP contribution >= 0.6 is 23.2 Å². The second kappa shape index (κ2) is 10.8. The smallest absolute Gasteiger partial charge is 0.258 e. The lowest BCUT2D eigenvalue weighted by Crippen LogP contribution is -2.32. The third kappa shape index (κ3) is 5.36. The van der Waals surface area contributed by atoms with Gasteiger partial charge in [-0.25, -0.2) is 0 Å². The summed E-state index contributed by atoms with van der Waals surface area (Å²) in [5.74, 6) is -0.356. The van der Waals surface area contributed by atoms with Crippen LogP contribution in [0.3, 0.4) is 0 Å². The molecule has 31 heavy (non-hydrogen) atoms. The quantitative estimate of drug-likeness (QED) is 0.420. The molecule has 0 fully saturated rings. The summed E-state index contributed by atoms with van der Waals surface area (Å²) in [6.45, 7) is 1.22. The Bertz CT molecular complexity index is 1010. The average molecular weight is 470 g/mol. The minimum atomic E-state index is -1.46. The number of amides is 1. The Labute approximate surface area is 189 Å². The zero-order chi connectivity index (χ0) is 23.1. The van der Waals surface area contributed by atoms with Gasteiger partial charge >= 0.3 is 0 Å². The fraction of sp³-hybridized carbons (Fsp3) is 0.300. The van der Waals surface area contributed by atoms with Crippen LogP contribution in [0.15, 0.2) is 34.5 Å². The highest BCUT2D eigenvalue weighted by atomic mass is 35.5. The summed E-state index contributed by atoms with van der Waals surface area (Å²) < 4.78 is 21.0. The molecule has 11 heteroatoms. The minimum Gasteiger partial charge on any atom is -0.494 e. The number of rotatable bonds is 9. The fourth-order valence-electron chi connectivity index (χ4n) is 2.65. The molecular formula is C20H21Cl2N3O6. The summed E-state index contributed by atoms with van der Waals surface area (Å²) in [7, 11) is 5.63. The maximum Gasteiger partial charge on any atom is 0.258 e. The molecule has 0 saturated carbocycles. The number of Topliss-reactive ketones (excluding diaryl/α,β-unsaturated/α-hetero) is 1. The van der Waals surface area contributed by atoms with Gasteiger partial charge in [-0.15, -0.1) is 5.11 Å². The lowest BCUT2D eigenvalue weighted by Gasteiger charge is -2.16. The van der Waals surface area contributed by atoms with Gasteiger partial charge in [0.2, 0.25) is 6.04 Å². The first-order chi connectivity index (χ1) is 14.8. The molecule has 0 saturated heterocycles. The van der Waals surface area contributed by atoms with Gasteiger partial charge in [-0.05, 0) is 31.2 Å². The van der Waals surface area contributed by atoms with Gasteiger partial charge in [-0.3, -0.25) is 9.59 Å². The Hall–Kier alpha value is -3.04. The van der Waals surface area contributed by atoms with E-state index in [2.05, 4.69) is 15.5 Å². The van der Waals surface area contributed by atoms with E-state index in [1.54, 1.807) is 12.1 Å². The second-order valence-electron chi connectivity index (χ2n) is 6.01. The van der Waals surface area contributed by atoms with Crippen molar-refractivity contribution in [2.75, 3.05) is 33.8 Å². The zero-order valence-corrected chi connectivity index (χ0v) is 19.0. The number of anilines is 1. The van der Waals surface area contributed by atoms with Crippen molar-refractivity contribution in [1.29, 1.82) is 0 Å². The molecule has 1 unspecified atom stereocenters. The number of hydrogen-bond donors (Lipinski definition) is 1. The molecule has 2 rings (SSSR count). The molecule has 0 heterocycles. The summed E-state index contributed by atoms with van der Waals surface area (Å²) in [4.78, 5) is 24.9. The lowest BCUT2D eigenvalue weighted by atomic mass is 10.2. The molecule has 1 atom stereocenters. The predicted octanol–water partition coefficient (Wildman–Crippen LogP) is 4.71. The van der Waals surface area contributed by atoms with E-state index in [0.717, 1.165) is 0 Å². The highest BCUT2D eigenvalue weighted by Crippen LogP contribution is 2.43. The number of ketones is 1. The summed E-state index contributed by atoms with van der Waals surface area (Å²) in [5, 5.41) is 11.1. The lowest BCUT2D eigenvalue weighted by molar-refractivity contribution is -0.126. The summed E-state index contributed by atoms with van der Waals surface area (Å²) in [6, 6.07) is 4.70. The molecular weight excluding hydrogens is 449 g/mol. The van der Waals surface area contributed by atoms with Crippen molar-refractivity contribution in [3.05, 3.63) is 34.3 Å². The van der Waals surface area contributed by atoms with Crippen LogP contribution in [0.25, 0.3) is 0 Å². The van der Waals surface area contributed by atoms with Crippen molar-refractivity contribution in [1.82, 2.24) is 0 Å². The van der Waals surface area contributed by atoms with E-state index in [0.29, 0.717) is 10.8 Å². The molecule has 2 aromatic rings. The van der Waals surface area contributed by atoms with Gasteiger partial charge in [0.25, 0.3) is 5.91 Å². The van der Waals surface area contributed by atoms with Crippen molar-refractivity contribution in [2.24, 2.45) is 10.2 Å². The van der Waals surface area contributed by atoms with Crippen molar-refractivity contribution >= 4 is 46.3 Å². The monoisotopic (exact) mass is 469 g/mol. The minimum absolute atomic E-state index is 0.141. The normalized spacial score (nSPS) is 11.7. The number of hydrogen-bond acceptors (Lipinski definition) is 8. The van der Waals surface area contributed by atoms with Crippen LogP contribution in [0.5, 0.6) is 23.0 Å². The van der Waals surface area contributed by atoms with Gasteiger partial charge in [0.1, 0.15) is 5.75 Å². The molecule has 166 valence electrons. The highest BCUT2D eigenvalue weighted by molar-refractivity contribution is 6.33. The zero-order valence-electron chi connectivity index (χ0n) is 17.5. The van der Waals surface area contributed by atoms with Crippen LogP contribution in [0.1, 0.15) is 6.92 Å². The molecule has 0 aliphatic rings. The first-order valence-electron chi connectivity index (χ1n) is 8.82. The van der Waals surface area contributed by atoms with E-state index < -0.39 is 17.7 Å². The molecule has 2 aromatic carbocycles. The Morgan fingerprint density at radius 1 is 0.871 bits per heavy atom. The molecule has 0 aliphatic heterocycles. The molecule has 1 N–H and O–H groups in total. The van der Waals surface area contributed by atoms with Crippen LogP contribution in [0, 0.1) is 0 Å². The number of carbonyl (C=O) groups is 2. The van der Waals surface area contributed by atoms with Crippen LogP contribution in [-0.4, -0.2) is 46.2 Å². The first-order valence-corrected chi connectivity index (χ1v) is 9.57. The highest BCUT2D eigenvalue weighted by Gasteiger charge is 2.26. The van der Waals surface area contributed by atoms with E-state index in [9.17, 15) is 9.59 Å². The van der Waals surface area contributed by atoms with E-state index >= 15 is 0 Å². The topological polar surface area (TPSA) is 108 Å². The standard InChI is InChI=1S/C20H21Cl2N3O6/c1-10(26)15(24-25-16-14(28-2)9-7-11(21)17(16)29-3)20(27)23-13-8-6-12(22)18(30-4)19(13)31-5/h6-9,15H,1-5H3,(H,23,27). The number of halogens is 2. The second-order valence-corrected chi connectivity index (χ2v) is 6.83. The van der Waals surface area contributed by atoms with Gasteiger partial charge in [0.15, 0.2) is 28.7 Å². The molecule has 0 aromatic heterocycles. The van der Waals surface area contributed by atoms with Gasteiger partial charge in [0, 0.05) is 0 Å². The number of methoxy groups -OCH3 is 4. The van der Waals surface area contributed by atoms with E-state index in [1.165, 1.54) is 47.5 Å². The predicted molar refractivity (Wildman–Crippen MR) is 117 cm³/mol. The number of carbonyl (C=O) groups excluding carboxylic acids is 2. The number of nitrogens with zero attached hydrogens (tertiary/aromatic N) is 2. The van der Waals surface area contributed by atoms with Crippen molar-refractivity contribution in [3.63, 3.8) is 0 Å². The third-order valence-corrected chi connectivity index (χ3v) is 4.70. The Kier molecular flexibility index (Phi) is 8.47. The van der Waals surface area contributed by atoms with Crippen LogP contribution in [0.2, 0.25) is 10.0 Å². The molecule has 9 nitrogen and oxygen atoms in total. The largest absolute Gasteiger partial charge is 0.494 e. The first kappa shape index (κ1) is 24.2. The molecule has 1 amide bonds. The summed E-state index contributed by atoms with van der Waals surface area (Å²) in [6.07, 6.45) is 0. The SMILES string of the molecule is COc1ccc(Cl)c(OC)c1N=NC(C(C)=O)C(=O)Nc1ccc(Cl)c(OC)c1OC. The van der Waals surface area contributed by atoms with Crippen LogP contribution < -0.4 is 24.3 Å². The fourth-order valence-corrected chi connectivity index (χ4v) is 3.10. The van der Waals surface area contributed by atoms with E-state index in [-0.39, 0.29) is 33.6 Å². The maximum atomic E-state index is 12.8. The number of azo groups is 1. The van der Waals surface area contributed by atoms with Gasteiger partial charge in [-0.1, -0.05) is 23.2 Å². The number of ether oxygens (including phenoxy) is 4. The molecule has 0 aliphatic carbocycles. The third-order valence-electron chi connectivity index (χ3n) is 4.11.